The number of rotatable bonds is 3. The van der Waals surface area contributed by atoms with Gasteiger partial charge < -0.3 is 5.11 Å². The zero-order chi connectivity index (χ0) is 10.8. The van der Waals surface area contributed by atoms with E-state index in [9.17, 15) is 9.90 Å². The first-order valence-electron chi connectivity index (χ1n) is 5.22. The Hall–Kier alpha value is -0.870. The van der Waals surface area contributed by atoms with E-state index in [0.29, 0.717) is 6.04 Å². The molecule has 0 spiro atoms. The van der Waals surface area contributed by atoms with Gasteiger partial charge in [-0.1, -0.05) is 6.07 Å². The van der Waals surface area contributed by atoms with Crippen LogP contribution < -0.4 is 0 Å². The van der Waals surface area contributed by atoms with Crippen molar-refractivity contribution in [3.63, 3.8) is 0 Å². The third kappa shape index (κ3) is 2.06. The minimum Gasteiger partial charge on any atom is -0.480 e. The zero-order valence-corrected chi connectivity index (χ0v) is 9.54. The number of carboxylic acids is 1. The van der Waals surface area contributed by atoms with Gasteiger partial charge in [0.15, 0.2) is 0 Å². The molecular formula is C11H15NO2S. The highest BCUT2D eigenvalue weighted by atomic mass is 32.1. The fraction of sp³-hybridized carbons (Fsp3) is 0.545. The standard InChI is InChI=1S/C11H15NO2S/c1-8-4-2-6-12(8)10(11(13)14)9-5-3-7-15-9/h3,5,7-8,10H,2,4,6H2,1H3,(H,13,14)/t8?,10-/m0/s1. The van der Waals surface area contributed by atoms with Crippen LogP contribution in [0.4, 0.5) is 0 Å². The number of thiophene rings is 1. The van der Waals surface area contributed by atoms with Crippen LogP contribution in [-0.2, 0) is 4.79 Å². The zero-order valence-electron chi connectivity index (χ0n) is 8.72. The first-order valence-corrected chi connectivity index (χ1v) is 6.10. The average molecular weight is 225 g/mol. The van der Waals surface area contributed by atoms with E-state index in [1.54, 1.807) is 0 Å². The minimum absolute atomic E-state index is 0.383. The van der Waals surface area contributed by atoms with Crippen LogP contribution in [0.3, 0.4) is 0 Å². The van der Waals surface area contributed by atoms with Crippen molar-refractivity contribution in [3.8, 4) is 0 Å². The highest BCUT2D eigenvalue weighted by Gasteiger charge is 2.34. The van der Waals surface area contributed by atoms with Crippen molar-refractivity contribution in [1.82, 2.24) is 4.90 Å². The fourth-order valence-corrected chi connectivity index (χ4v) is 3.05. The molecule has 15 heavy (non-hydrogen) atoms. The summed E-state index contributed by atoms with van der Waals surface area (Å²) in [7, 11) is 0. The topological polar surface area (TPSA) is 40.5 Å². The number of carbonyl (C=O) groups is 1. The van der Waals surface area contributed by atoms with Gasteiger partial charge in [-0.05, 0) is 37.8 Å². The maximum atomic E-state index is 11.3. The maximum Gasteiger partial charge on any atom is 0.326 e. The first-order chi connectivity index (χ1) is 7.20. The second-order valence-electron chi connectivity index (χ2n) is 3.99. The summed E-state index contributed by atoms with van der Waals surface area (Å²) in [6, 6.07) is 3.77. The third-order valence-corrected chi connectivity index (χ3v) is 3.91. The van der Waals surface area contributed by atoms with Gasteiger partial charge >= 0.3 is 5.97 Å². The summed E-state index contributed by atoms with van der Waals surface area (Å²) < 4.78 is 0. The Morgan fingerprint density at radius 1 is 1.73 bits per heavy atom. The lowest BCUT2D eigenvalue weighted by Crippen LogP contribution is -2.35. The molecular weight excluding hydrogens is 210 g/mol. The lowest BCUT2D eigenvalue weighted by Gasteiger charge is -2.27. The lowest BCUT2D eigenvalue weighted by molar-refractivity contribution is -0.143. The summed E-state index contributed by atoms with van der Waals surface area (Å²) >= 11 is 1.53. The molecule has 1 aliphatic heterocycles. The average Bonchev–Trinajstić information content (AvgIpc) is 2.79. The molecule has 1 saturated heterocycles. The fourth-order valence-electron chi connectivity index (χ4n) is 2.21. The monoisotopic (exact) mass is 225 g/mol. The Kier molecular flexibility index (Phi) is 3.07. The molecule has 0 aliphatic carbocycles. The Labute approximate surface area is 93.3 Å². The predicted octanol–water partition coefficient (Wildman–Crippen LogP) is 2.36. The van der Waals surface area contributed by atoms with E-state index in [0.717, 1.165) is 24.3 Å². The van der Waals surface area contributed by atoms with Gasteiger partial charge in [0, 0.05) is 10.9 Å². The lowest BCUT2D eigenvalue weighted by atomic mass is 10.2. The van der Waals surface area contributed by atoms with Crippen LogP contribution in [0.2, 0.25) is 0 Å². The molecule has 1 aromatic rings. The smallest absolute Gasteiger partial charge is 0.326 e. The van der Waals surface area contributed by atoms with Gasteiger partial charge in [-0.15, -0.1) is 11.3 Å². The van der Waals surface area contributed by atoms with Crippen molar-refractivity contribution in [1.29, 1.82) is 0 Å². The van der Waals surface area contributed by atoms with E-state index in [4.69, 9.17) is 0 Å². The van der Waals surface area contributed by atoms with Crippen LogP contribution in [0.1, 0.15) is 30.7 Å². The van der Waals surface area contributed by atoms with Crippen LogP contribution in [0.15, 0.2) is 17.5 Å². The molecule has 0 saturated carbocycles. The number of hydrogen-bond acceptors (Lipinski definition) is 3. The number of nitrogens with zero attached hydrogens (tertiary/aromatic N) is 1. The van der Waals surface area contributed by atoms with Gasteiger partial charge in [0.2, 0.25) is 0 Å². The third-order valence-electron chi connectivity index (χ3n) is 2.98. The predicted molar refractivity (Wildman–Crippen MR) is 60.1 cm³/mol. The molecule has 3 nitrogen and oxygen atoms in total. The van der Waals surface area contributed by atoms with E-state index in [2.05, 4.69) is 11.8 Å². The van der Waals surface area contributed by atoms with Crippen LogP contribution in [0.25, 0.3) is 0 Å². The van der Waals surface area contributed by atoms with Gasteiger partial charge in [-0.3, -0.25) is 9.69 Å². The Morgan fingerprint density at radius 3 is 3.00 bits per heavy atom. The molecule has 0 amide bonds. The minimum atomic E-state index is -0.730. The number of hydrogen-bond donors (Lipinski definition) is 1. The van der Waals surface area contributed by atoms with Crippen molar-refractivity contribution >= 4 is 17.3 Å². The van der Waals surface area contributed by atoms with Crippen LogP contribution in [-0.4, -0.2) is 28.6 Å². The van der Waals surface area contributed by atoms with E-state index in [1.807, 2.05) is 17.5 Å². The molecule has 2 heterocycles. The Balaban J connectivity index is 2.24. The first kappa shape index (κ1) is 10.6. The summed E-state index contributed by atoms with van der Waals surface area (Å²) in [5.41, 5.74) is 0. The van der Waals surface area contributed by atoms with E-state index >= 15 is 0 Å². The molecule has 1 N–H and O–H groups in total. The van der Waals surface area contributed by atoms with E-state index in [1.165, 1.54) is 11.3 Å². The summed E-state index contributed by atoms with van der Waals surface area (Å²) in [6.07, 6.45) is 2.21. The van der Waals surface area contributed by atoms with Crippen molar-refractivity contribution in [2.75, 3.05) is 6.54 Å². The van der Waals surface area contributed by atoms with Gasteiger partial charge in [0.1, 0.15) is 6.04 Å². The van der Waals surface area contributed by atoms with Crippen molar-refractivity contribution < 1.29 is 9.90 Å². The molecule has 0 bridgehead atoms. The normalized spacial score (nSPS) is 24.2. The number of likely N-dealkylation sites (tertiary alicyclic amines) is 1. The Bertz CT molecular complexity index is 336. The molecule has 4 heteroatoms. The summed E-state index contributed by atoms with van der Waals surface area (Å²) in [4.78, 5) is 14.3. The van der Waals surface area contributed by atoms with Crippen molar-refractivity contribution in [3.05, 3.63) is 22.4 Å². The largest absolute Gasteiger partial charge is 0.480 e. The van der Waals surface area contributed by atoms with Gasteiger partial charge in [-0.2, -0.15) is 0 Å². The summed E-state index contributed by atoms with van der Waals surface area (Å²) in [5.74, 6) is -0.730. The van der Waals surface area contributed by atoms with Crippen LogP contribution in [0, 0.1) is 0 Å². The summed E-state index contributed by atoms with van der Waals surface area (Å²) in [5, 5.41) is 11.2. The molecule has 0 aromatic carbocycles. The highest BCUT2D eigenvalue weighted by Crippen LogP contribution is 2.31. The molecule has 82 valence electrons. The number of carboxylic acid groups (broad SMARTS) is 1. The SMILES string of the molecule is CC1CCCN1[C@H](C(=O)O)c1cccs1. The molecule has 1 fully saturated rings. The molecule has 0 radical (unpaired) electrons. The van der Waals surface area contributed by atoms with E-state index < -0.39 is 12.0 Å². The second kappa shape index (κ2) is 4.33. The molecule has 1 aliphatic rings. The van der Waals surface area contributed by atoms with Crippen molar-refractivity contribution in [2.24, 2.45) is 0 Å². The second-order valence-corrected chi connectivity index (χ2v) is 4.96. The van der Waals surface area contributed by atoms with Crippen molar-refractivity contribution in [2.45, 2.75) is 31.8 Å². The Morgan fingerprint density at radius 2 is 2.53 bits per heavy atom. The van der Waals surface area contributed by atoms with Gasteiger partial charge in [0.25, 0.3) is 0 Å². The maximum absolute atomic E-state index is 11.3. The molecule has 2 atom stereocenters. The highest BCUT2D eigenvalue weighted by molar-refractivity contribution is 7.10. The quantitative estimate of drug-likeness (QED) is 0.858. The van der Waals surface area contributed by atoms with Crippen LogP contribution in [0.5, 0.6) is 0 Å². The molecule has 2 rings (SSSR count). The number of aliphatic carboxylic acids is 1. The van der Waals surface area contributed by atoms with Crippen LogP contribution >= 0.6 is 11.3 Å². The molecule has 1 unspecified atom stereocenters. The van der Waals surface area contributed by atoms with Gasteiger partial charge in [0.05, 0.1) is 0 Å². The van der Waals surface area contributed by atoms with E-state index in [-0.39, 0.29) is 0 Å². The summed E-state index contributed by atoms with van der Waals surface area (Å²) in [6.45, 7) is 3.01. The van der Waals surface area contributed by atoms with Gasteiger partial charge in [-0.25, -0.2) is 0 Å². The molecule has 1 aromatic heterocycles.